The fourth-order valence-corrected chi connectivity index (χ4v) is 9.73. The van der Waals surface area contributed by atoms with Gasteiger partial charge in [-0.1, -0.05) is 110 Å². The van der Waals surface area contributed by atoms with Gasteiger partial charge in [-0.25, -0.2) is 4.79 Å². The first kappa shape index (κ1) is 44.2. The van der Waals surface area contributed by atoms with Crippen LogP contribution >= 0.6 is 0 Å². The van der Waals surface area contributed by atoms with Gasteiger partial charge in [0.05, 0.1) is 37.8 Å². The van der Waals surface area contributed by atoms with Gasteiger partial charge in [0, 0.05) is 30.1 Å². The number of amides is 4. The molecule has 4 amide bonds. The van der Waals surface area contributed by atoms with E-state index < -0.39 is 24.3 Å². The van der Waals surface area contributed by atoms with Crippen molar-refractivity contribution in [3.05, 3.63) is 131 Å². The number of ether oxygens (including phenoxy) is 3. The number of carbonyl (C=O) groups excluding carboxylic acids is 4. The molecule has 3 aliphatic heterocycles. The molecule has 1 saturated carbocycles. The van der Waals surface area contributed by atoms with Crippen LogP contribution in [0.3, 0.4) is 0 Å². The molecule has 0 aromatic heterocycles. The average molecular weight is 857 g/mol. The zero-order valence-corrected chi connectivity index (χ0v) is 36.5. The van der Waals surface area contributed by atoms with Gasteiger partial charge in [0.15, 0.2) is 6.29 Å². The van der Waals surface area contributed by atoms with Crippen molar-refractivity contribution in [2.75, 3.05) is 6.54 Å². The minimum Gasteiger partial charge on any atom is -0.445 e. The van der Waals surface area contributed by atoms with Crippen molar-refractivity contribution in [3.8, 4) is 11.1 Å². The van der Waals surface area contributed by atoms with E-state index in [1.54, 1.807) is 0 Å². The molecular formula is C51H60N4O8. The molecule has 7 atom stereocenters. The number of likely N-dealkylation sites (tertiary alicyclic amines) is 2. The third kappa shape index (κ3) is 10.9. The number of rotatable bonds is 12. The van der Waals surface area contributed by atoms with Gasteiger partial charge in [-0.2, -0.15) is 0 Å². The number of carbonyl (C=O) groups is 4. The van der Waals surface area contributed by atoms with Gasteiger partial charge >= 0.3 is 6.09 Å². The molecule has 3 saturated heterocycles. The van der Waals surface area contributed by atoms with E-state index >= 15 is 0 Å². The van der Waals surface area contributed by atoms with Crippen molar-refractivity contribution in [2.45, 2.75) is 134 Å². The maximum absolute atomic E-state index is 13.9. The topological polar surface area (TPSA) is 147 Å². The maximum Gasteiger partial charge on any atom is 0.408 e. The predicted octanol–water partition coefficient (Wildman–Crippen LogP) is 7.88. The number of nitrogens with zero attached hydrogens (tertiary/aromatic N) is 2. The number of imide groups is 1. The van der Waals surface area contributed by atoms with E-state index in [9.17, 15) is 24.3 Å². The van der Waals surface area contributed by atoms with E-state index in [1.807, 2.05) is 124 Å². The third-order valence-electron chi connectivity index (χ3n) is 12.9. The lowest BCUT2D eigenvalue weighted by Gasteiger charge is -2.50. The number of benzene rings is 4. The van der Waals surface area contributed by atoms with E-state index in [0.717, 1.165) is 64.6 Å². The van der Waals surface area contributed by atoms with Crippen LogP contribution in [0.5, 0.6) is 0 Å². The van der Waals surface area contributed by atoms with Crippen LogP contribution in [0.15, 0.2) is 103 Å². The number of fused-ring (bicyclic) bond motifs is 1. The van der Waals surface area contributed by atoms with Crippen molar-refractivity contribution in [3.63, 3.8) is 0 Å². The Morgan fingerprint density at radius 3 is 2.27 bits per heavy atom. The second-order valence-electron chi connectivity index (χ2n) is 18.6. The summed E-state index contributed by atoms with van der Waals surface area (Å²) in [5.41, 5.74) is 5.81. The standard InChI is InChI=1S/C51H60N4O8/c1-51(2,3)53-47(58)44-25-24-37-13-7-8-15-43(37)54(44)30-41-27-45(38-18-16-33(31-56)17-19-38)63-49(62-41)39-22-20-36(21-23-39)40-14-9-12-35(26-40)29-55-46(57)28-42(48(55)59)52-50(60)61-32-34-10-5-4-6-11-34/h4-6,9-12,14,16-23,26,37,41-45,49,56H,7-8,13,15,24-25,27-32H2,1-3H3,(H,52,60)(H,53,58)/t37-,41+,42?,43-,44-,45-,49-/m1/s1. The number of aliphatic hydroxyl groups is 1. The van der Waals surface area contributed by atoms with Crippen LogP contribution in [0.25, 0.3) is 11.1 Å². The molecule has 8 rings (SSSR count). The summed E-state index contributed by atoms with van der Waals surface area (Å²) in [5, 5.41) is 15.6. The molecule has 4 aliphatic rings. The predicted molar refractivity (Wildman–Crippen MR) is 237 cm³/mol. The van der Waals surface area contributed by atoms with Gasteiger partial charge in [0.1, 0.15) is 12.6 Å². The van der Waals surface area contributed by atoms with Crippen LogP contribution < -0.4 is 10.6 Å². The molecule has 63 heavy (non-hydrogen) atoms. The zero-order chi connectivity index (χ0) is 44.1. The number of hydrogen-bond donors (Lipinski definition) is 3. The normalized spacial score (nSPS) is 25.3. The van der Waals surface area contributed by atoms with Gasteiger partial charge in [0.2, 0.25) is 11.8 Å². The van der Waals surface area contributed by atoms with Crippen molar-refractivity contribution in [1.82, 2.24) is 20.4 Å². The molecule has 1 unspecified atom stereocenters. The lowest BCUT2D eigenvalue weighted by atomic mass is 9.75. The molecule has 0 spiro atoms. The molecule has 0 radical (unpaired) electrons. The molecule has 1 aliphatic carbocycles. The quantitative estimate of drug-likeness (QED) is 0.121. The molecule has 12 nitrogen and oxygen atoms in total. The Hall–Kier alpha value is -5.40. The second kappa shape index (κ2) is 19.6. The molecule has 3 N–H and O–H groups in total. The van der Waals surface area contributed by atoms with Gasteiger partial charge < -0.3 is 30.0 Å². The highest BCUT2D eigenvalue weighted by atomic mass is 16.7. The molecule has 4 fully saturated rings. The number of alkyl carbamates (subject to hydrolysis) is 1. The number of nitrogens with one attached hydrogen (secondary N) is 2. The highest BCUT2D eigenvalue weighted by Gasteiger charge is 2.44. The SMILES string of the molecule is CC(C)(C)NC(=O)[C@H]1CC[C@H]2CCCC[C@H]2N1C[C@@H]1C[C@H](c2ccc(CO)cc2)O[C@H](c2ccc(-c3cccc(CN4C(=O)CC(NC(=O)OCc5ccccc5)C4=O)c3)cc2)O1. The Balaban J connectivity index is 0.963. The Morgan fingerprint density at radius 2 is 1.52 bits per heavy atom. The lowest BCUT2D eigenvalue weighted by molar-refractivity contribution is -0.255. The van der Waals surface area contributed by atoms with Gasteiger partial charge in [-0.05, 0) is 91.8 Å². The smallest absolute Gasteiger partial charge is 0.408 e. The average Bonchev–Trinajstić information content (AvgIpc) is 3.55. The summed E-state index contributed by atoms with van der Waals surface area (Å²) in [7, 11) is 0. The molecule has 4 aromatic rings. The van der Waals surface area contributed by atoms with Crippen LogP contribution in [0.4, 0.5) is 4.79 Å². The van der Waals surface area contributed by atoms with E-state index in [4.69, 9.17) is 14.2 Å². The number of aliphatic hydroxyl groups excluding tert-OH is 1. The molecule has 3 heterocycles. The van der Waals surface area contributed by atoms with Crippen LogP contribution in [-0.2, 0) is 48.4 Å². The number of piperidine rings is 1. The van der Waals surface area contributed by atoms with Crippen molar-refractivity contribution >= 4 is 23.8 Å². The Kier molecular flexibility index (Phi) is 13.7. The fourth-order valence-electron chi connectivity index (χ4n) is 9.73. The molecule has 12 heteroatoms. The van der Waals surface area contributed by atoms with Crippen LogP contribution in [0.1, 0.15) is 112 Å². The second-order valence-corrected chi connectivity index (χ2v) is 18.6. The van der Waals surface area contributed by atoms with Crippen LogP contribution in [0.2, 0.25) is 0 Å². The minimum atomic E-state index is -0.988. The summed E-state index contributed by atoms with van der Waals surface area (Å²) in [6.45, 7) is 6.81. The zero-order valence-electron chi connectivity index (χ0n) is 36.5. The molecular weight excluding hydrogens is 797 g/mol. The third-order valence-corrected chi connectivity index (χ3v) is 12.9. The highest BCUT2D eigenvalue weighted by Crippen LogP contribution is 2.42. The largest absolute Gasteiger partial charge is 0.445 e. The van der Waals surface area contributed by atoms with Gasteiger partial charge in [0.25, 0.3) is 5.91 Å². The molecule has 4 aromatic carbocycles. The summed E-state index contributed by atoms with van der Waals surface area (Å²) in [5.74, 6) is -0.170. The molecule has 0 bridgehead atoms. The fraction of sp³-hybridized carbons (Fsp3) is 0.451. The maximum atomic E-state index is 13.9. The summed E-state index contributed by atoms with van der Waals surface area (Å²) < 4.78 is 18.9. The summed E-state index contributed by atoms with van der Waals surface area (Å²) in [6, 6.07) is 32.0. The van der Waals surface area contributed by atoms with E-state index in [0.29, 0.717) is 24.9 Å². The Morgan fingerprint density at radius 1 is 0.794 bits per heavy atom. The van der Waals surface area contributed by atoms with Crippen molar-refractivity contribution < 1.29 is 38.5 Å². The first-order valence-corrected chi connectivity index (χ1v) is 22.5. The summed E-state index contributed by atoms with van der Waals surface area (Å²) in [6.07, 6.45) is 5.18. The van der Waals surface area contributed by atoms with Gasteiger partial charge in [-0.15, -0.1) is 0 Å². The van der Waals surface area contributed by atoms with E-state index in [-0.39, 0.29) is 61.8 Å². The Bertz CT molecular complexity index is 2230. The number of hydrogen-bond acceptors (Lipinski definition) is 9. The highest BCUT2D eigenvalue weighted by molar-refractivity contribution is 6.06. The van der Waals surface area contributed by atoms with Gasteiger partial charge in [-0.3, -0.25) is 24.2 Å². The van der Waals surface area contributed by atoms with E-state index in [2.05, 4.69) is 15.5 Å². The van der Waals surface area contributed by atoms with Crippen LogP contribution in [-0.4, -0.2) is 75.0 Å². The monoisotopic (exact) mass is 856 g/mol. The van der Waals surface area contributed by atoms with E-state index in [1.165, 1.54) is 17.7 Å². The molecule has 332 valence electrons. The minimum absolute atomic E-state index is 0.0364. The first-order valence-electron chi connectivity index (χ1n) is 22.5. The van der Waals surface area contributed by atoms with Crippen molar-refractivity contribution in [2.24, 2.45) is 5.92 Å². The van der Waals surface area contributed by atoms with Crippen LogP contribution in [0, 0.1) is 5.92 Å². The lowest BCUT2D eigenvalue weighted by Crippen LogP contribution is -2.61. The summed E-state index contributed by atoms with van der Waals surface area (Å²) >= 11 is 0. The van der Waals surface area contributed by atoms with Crippen molar-refractivity contribution in [1.29, 1.82) is 0 Å². The first-order chi connectivity index (χ1) is 30.4. The summed E-state index contributed by atoms with van der Waals surface area (Å²) in [4.78, 5) is 56.3. The Labute approximate surface area is 370 Å².